The Labute approximate surface area is 148 Å². The van der Waals surface area contributed by atoms with Crippen molar-refractivity contribution in [3.63, 3.8) is 0 Å². The molecule has 0 amide bonds. The molecule has 0 aliphatic carbocycles. The van der Waals surface area contributed by atoms with E-state index in [9.17, 15) is 23.1 Å². The van der Waals surface area contributed by atoms with E-state index in [4.69, 9.17) is 0 Å². The minimum absolute atomic E-state index is 0.123. The van der Waals surface area contributed by atoms with Crippen LogP contribution < -0.4 is 11.2 Å². The van der Waals surface area contributed by atoms with Gasteiger partial charge in [-0.2, -0.15) is 15.6 Å². The van der Waals surface area contributed by atoms with Gasteiger partial charge in [-0.3, -0.25) is 9.36 Å². The third-order valence-corrected chi connectivity index (χ3v) is 7.16. The monoisotopic (exact) mass is 385 g/mol. The molecule has 2 atom stereocenters. The molecule has 0 unspecified atom stereocenters. The molecule has 2 aromatic rings. The number of aromatic nitrogens is 2. The summed E-state index contributed by atoms with van der Waals surface area (Å²) in [5.41, 5.74) is -0.451. The largest absolute Gasteiger partial charge is 0.396 e. The minimum atomic E-state index is -4.07. The second-order valence-corrected chi connectivity index (χ2v) is 8.87. The molecular weight excluding hydrogens is 366 g/mol. The van der Waals surface area contributed by atoms with Crippen LogP contribution in [-0.2, 0) is 24.1 Å². The van der Waals surface area contributed by atoms with Crippen molar-refractivity contribution in [1.82, 2.24) is 13.4 Å². The predicted octanol–water partition coefficient (Wildman–Crippen LogP) is -0.458. The lowest BCUT2D eigenvalue weighted by atomic mass is 9.92. The highest BCUT2D eigenvalue weighted by atomic mass is 32.2. The van der Waals surface area contributed by atoms with Crippen molar-refractivity contribution in [2.75, 3.05) is 19.7 Å². The molecule has 136 valence electrons. The number of aliphatic hydroxyl groups is 1. The molecule has 0 radical (unpaired) electrons. The summed E-state index contributed by atoms with van der Waals surface area (Å²) in [4.78, 5) is 23.7. The SMILES string of the molecule is Cn1cc(S(=O)(=O)N2C[C@@H](CO)[C@H](c3ccsc3)C2)c(=O)n(C)c1=O. The van der Waals surface area contributed by atoms with Crippen LogP contribution in [0.5, 0.6) is 0 Å². The van der Waals surface area contributed by atoms with Gasteiger partial charge >= 0.3 is 5.69 Å². The zero-order chi connectivity index (χ0) is 18.4. The van der Waals surface area contributed by atoms with E-state index in [1.807, 2.05) is 16.8 Å². The zero-order valence-corrected chi connectivity index (χ0v) is 15.5. The number of sulfonamides is 1. The average Bonchev–Trinajstić information content (AvgIpc) is 3.24. The van der Waals surface area contributed by atoms with Crippen LogP contribution in [0.2, 0.25) is 0 Å². The van der Waals surface area contributed by atoms with Crippen LogP contribution in [0, 0.1) is 5.92 Å². The lowest BCUT2D eigenvalue weighted by Crippen LogP contribution is -2.42. The fraction of sp³-hybridized carbons (Fsp3) is 0.467. The first kappa shape index (κ1) is 18.1. The van der Waals surface area contributed by atoms with E-state index in [1.54, 1.807) is 0 Å². The Morgan fingerprint density at radius 3 is 2.60 bits per heavy atom. The Kier molecular flexibility index (Phi) is 4.71. The molecular formula is C15H19N3O5S2. The van der Waals surface area contributed by atoms with E-state index in [0.717, 1.165) is 20.9 Å². The molecule has 25 heavy (non-hydrogen) atoms. The van der Waals surface area contributed by atoms with E-state index in [1.165, 1.54) is 29.7 Å². The summed E-state index contributed by atoms with van der Waals surface area (Å²) in [6.45, 7) is 0.180. The summed E-state index contributed by atoms with van der Waals surface area (Å²) in [5, 5.41) is 13.5. The summed E-state index contributed by atoms with van der Waals surface area (Å²) in [7, 11) is -1.42. The van der Waals surface area contributed by atoms with Gasteiger partial charge in [-0.1, -0.05) is 0 Å². The summed E-state index contributed by atoms with van der Waals surface area (Å²) in [6, 6.07) is 1.92. The third kappa shape index (κ3) is 2.99. The highest BCUT2D eigenvalue weighted by Crippen LogP contribution is 2.35. The summed E-state index contributed by atoms with van der Waals surface area (Å²) < 4.78 is 29.0. The smallest absolute Gasteiger partial charge is 0.330 e. The standard InChI is InChI=1S/C15H19N3O5S2/c1-16-7-13(14(20)17(2)15(16)21)25(22,23)18-5-11(8-19)12(6-18)10-3-4-24-9-10/h3-4,7,9,11-12,19H,5-6,8H2,1-2H3/t11-,12-/m0/s1. The lowest BCUT2D eigenvalue weighted by Gasteiger charge is -2.17. The number of thiophene rings is 1. The van der Waals surface area contributed by atoms with Gasteiger partial charge < -0.3 is 9.67 Å². The van der Waals surface area contributed by atoms with E-state index < -0.39 is 26.2 Å². The van der Waals surface area contributed by atoms with Crippen molar-refractivity contribution in [2.24, 2.45) is 20.0 Å². The van der Waals surface area contributed by atoms with E-state index >= 15 is 0 Å². The number of nitrogens with zero attached hydrogens (tertiary/aromatic N) is 3. The Morgan fingerprint density at radius 1 is 1.28 bits per heavy atom. The molecule has 1 aliphatic heterocycles. The van der Waals surface area contributed by atoms with Crippen molar-refractivity contribution >= 4 is 21.4 Å². The van der Waals surface area contributed by atoms with Crippen LogP contribution in [0.25, 0.3) is 0 Å². The molecule has 1 aliphatic rings. The fourth-order valence-electron chi connectivity index (χ4n) is 3.17. The maximum absolute atomic E-state index is 13.0. The van der Waals surface area contributed by atoms with Gasteiger partial charge in [0.25, 0.3) is 5.56 Å². The van der Waals surface area contributed by atoms with Crippen molar-refractivity contribution in [1.29, 1.82) is 0 Å². The molecule has 1 saturated heterocycles. The van der Waals surface area contributed by atoms with Crippen LogP contribution in [-0.4, -0.2) is 46.7 Å². The van der Waals surface area contributed by atoms with Gasteiger partial charge in [0.15, 0.2) is 4.90 Å². The molecule has 0 spiro atoms. The van der Waals surface area contributed by atoms with Gasteiger partial charge in [-0.05, 0) is 22.4 Å². The van der Waals surface area contributed by atoms with Gasteiger partial charge in [0, 0.05) is 51.8 Å². The minimum Gasteiger partial charge on any atom is -0.396 e. The average molecular weight is 385 g/mol. The Hall–Kier alpha value is -1.75. The molecule has 1 N–H and O–H groups in total. The molecule has 0 saturated carbocycles. The van der Waals surface area contributed by atoms with Gasteiger partial charge in [0.05, 0.1) is 0 Å². The second-order valence-electron chi connectivity index (χ2n) is 6.18. The van der Waals surface area contributed by atoms with Crippen molar-refractivity contribution < 1.29 is 13.5 Å². The molecule has 10 heteroatoms. The van der Waals surface area contributed by atoms with E-state index in [2.05, 4.69) is 0 Å². The maximum atomic E-state index is 13.0. The van der Waals surface area contributed by atoms with Gasteiger partial charge in [0.1, 0.15) is 0 Å². The topological polar surface area (TPSA) is 102 Å². The van der Waals surface area contributed by atoms with E-state index in [-0.39, 0.29) is 31.5 Å². The molecule has 2 aromatic heterocycles. The fourth-order valence-corrected chi connectivity index (χ4v) is 5.56. The van der Waals surface area contributed by atoms with E-state index in [0.29, 0.717) is 0 Å². The van der Waals surface area contributed by atoms with Gasteiger partial charge in [-0.25, -0.2) is 13.2 Å². The van der Waals surface area contributed by atoms with Gasteiger partial charge in [0.2, 0.25) is 10.0 Å². The zero-order valence-electron chi connectivity index (χ0n) is 13.8. The number of hydrogen-bond donors (Lipinski definition) is 1. The molecule has 3 rings (SSSR count). The highest BCUT2D eigenvalue weighted by molar-refractivity contribution is 7.89. The van der Waals surface area contributed by atoms with Crippen molar-refractivity contribution in [3.05, 3.63) is 49.4 Å². The summed E-state index contributed by atoms with van der Waals surface area (Å²) >= 11 is 1.51. The summed E-state index contributed by atoms with van der Waals surface area (Å²) in [5.74, 6) is -0.358. The lowest BCUT2D eigenvalue weighted by molar-refractivity contribution is 0.223. The second kappa shape index (κ2) is 6.52. The first-order valence-corrected chi connectivity index (χ1v) is 10.1. The predicted molar refractivity (Wildman–Crippen MR) is 93.3 cm³/mol. The number of hydrogen-bond acceptors (Lipinski definition) is 6. The van der Waals surface area contributed by atoms with Crippen LogP contribution >= 0.6 is 11.3 Å². The Bertz CT molecular complexity index is 991. The van der Waals surface area contributed by atoms with Crippen LogP contribution in [0.1, 0.15) is 11.5 Å². The van der Waals surface area contributed by atoms with Gasteiger partial charge in [-0.15, -0.1) is 0 Å². The molecule has 3 heterocycles. The first-order valence-electron chi connectivity index (χ1n) is 7.67. The third-order valence-electron chi connectivity index (χ3n) is 4.65. The summed E-state index contributed by atoms with van der Waals surface area (Å²) in [6.07, 6.45) is 1.06. The first-order chi connectivity index (χ1) is 11.8. The quantitative estimate of drug-likeness (QED) is 0.768. The number of aliphatic hydroxyl groups excluding tert-OH is 1. The molecule has 8 nitrogen and oxygen atoms in total. The van der Waals surface area contributed by atoms with Crippen molar-refractivity contribution in [2.45, 2.75) is 10.8 Å². The molecule has 1 fully saturated rings. The van der Waals surface area contributed by atoms with Crippen LogP contribution in [0.3, 0.4) is 0 Å². The normalized spacial score (nSPS) is 21.7. The maximum Gasteiger partial charge on any atom is 0.330 e. The van der Waals surface area contributed by atoms with Crippen LogP contribution in [0.15, 0.2) is 37.5 Å². The van der Waals surface area contributed by atoms with Crippen molar-refractivity contribution in [3.8, 4) is 0 Å². The molecule has 0 aromatic carbocycles. The Balaban J connectivity index is 2.02. The molecule has 0 bridgehead atoms. The number of rotatable bonds is 4. The Morgan fingerprint density at radius 2 is 2.00 bits per heavy atom. The number of aryl methyl sites for hydroxylation is 1. The highest BCUT2D eigenvalue weighted by Gasteiger charge is 2.41. The van der Waals surface area contributed by atoms with Crippen LogP contribution in [0.4, 0.5) is 0 Å².